The topological polar surface area (TPSA) is 15.6 Å². The molecule has 3 aliphatic rings. The van der Waals surface area contributed by atoms with E-state index in [-0.39, 0.29) is 18.0 Å². The quantitative estimate of drug-likeness (QED) is 0.183. The molecule has 0 radical (unpaired) electrons. The van der Waals surface area contributed by atoms with Crippen LogP contribution in [0.15, 0.2) is 187 Å². The molecule has 0 fully saturated rings. The van der Waals surface area contributed by atoms with Gasteiger partial charge in [0.2, 0.25) is 0 Å². The van der Waals surface area contributed by atoms with Gasteiger partial charge in [0.05, 0.1) is 6.04 Å². The third kappa shape index (κ3) is 4.68. The summed E-state index contributed by atoms with van der Waals surface area (Å²) in [5, 5.41) is 0. The van der Waals surface area contributed by atoms with Gasteiger partial charge >= 0.3 is 0 Å². The zero-order chi connectivity index (χ0) is 33.0. The minimum Gasteiger partial charge on any atom is -0.332 e. The summed E-state index contributed by atoms with van der Waals surface area (Å²) in [5.74, 6) is 0.183. The normalized spacial score (nSPS) is 18.0. The molecule has 2 heteroatoms. The molecule has 236 valence electrons. The van der Waals surface area contributed by atoms with Crippen LogP contribution in [0.4, 0.5) is 11.4 Å². The Morgan fingerprint density at radius 3 is 1.76 bits per heavy atom. The summed E-state index contributed by atoms with van der Waals surface area (Å²) < 4.78 is 0. The summed E-state index contributed by atoms with van der Waals surface area (Å²) in [6.07, 6.45) is 6.33. The minimum atomic E-state index is 0.0793. The molecule has 2 heterocycles. The first kappa shape index (κ1) is 28.7. The van der Waals surface area contributed by atoms with E-state index >= 15 is 0 Å². The highest BCUT2D eigenvalue weighted by molar-refractivity contribution is 5.87. The highest BCUT2D eigenvalue weighted by atomic mass is 15.2. The van der Waals surface area contributed by atoms with Crippen molar-refractivity contribution in [3.63, 3.8) is 0 Å². The summed E-state index contributed by atoms with van der Waals surface area (Å²) in [6, 6.07) is 62.6. The van der Waals surface area contributed by atoms with Gasteiger partial charge in [-0.25, -0.2) is 0 Å². The summed E-state index contributed by atoms with van der Waals surface area (Å²) in [7, 11) is 0. The molecule has 2 aliphatic heterocycles. The lowest BCUT2D eigenvalue weighted by Crippen LogP contribution is -2.28. The molecule has 1 aliphatic carbocycles. The number of fused-ring (bicyclic) bond motifs is 6. The summed E-state index contributed by atoms with van der Waals surface area (Å²) in [5.41, 5.74) is 17.8. The van der Waals surface area contributed by atoms with Crippen molar-refractivity contribution in [2.75, 3.05) is 4.90 Å². The molecule has 2 nitrogen and oxygen atoms in total. The lowest BCUT2D eigenvalue weighted by Gasteiger charge is -2.28. The standard InChI is InChI=1S/C48H34N2/c1-3-10-32(11-4-1)34-17-19-36(20-18-34)47-42-15-8-7-14-40(42)41-27-23-37(30-44(41)47)38-24-28-43-46(31-38)50(45-16-9-29-49-48(43)45)39-25-21-35(22-26-39)33-12-5-2-6-13-33/h1-31,45,47-48H. The molecule has 0 saturated heterocycles. The maximum absolute atomic E-state index is 4.96. The Morgan fingerprint density at radius 2 is 1.02 bits per heavy atom. The van der Waals surface area contributed by atoms with Crippen molar-refractivity contribution in [3.8, 4) is 44.5 Å². The molecule has 0 spiro atoms. The van der Waals surface area contributed by atoms with Crippen molar-refractivity contribution >= 4 is 17.6 Å². The Morgan fingerprint density at radius 1 is 0.440 bits per heavy atom. The molecule has 0 amide bonds. The molecular formula is C48H34N2. The molecule has 3 atom stereocenters. The van der Waals surface area contributed by atoms with Gasteiger partial charge in [-0.2, -0.15) is 0 Å². The van der Waals surface area contributed by atoms with E-state index in [0.29, 0.717) is 0 Å². The van der Waals surface area contributed by atoms with Crippen LogP contribution in [-0.2, 0) is 0 Å². The number of nitrogens with zero attached hydrogens (tertiary/aromatic N) is 2. The van der Waals surface area contributed by atoms with Crippen LogP contribution in [0.1, 0.15) is 34.2 Å². The van der Waals surface area contributed by atoms with E-state index < -0.39 is 0 Å². The predicted octanol–water partition coefficient (Wildman–Crippen LogP) is 12.1. The van der Waals surface area contributed by atoms with Crippen LogP contribution in [0.5, 0.6) is 0 Å². The van der Waals surface area contributed by atoms with E-state index in [2.05, 4.69) is 187 Å². The number of allylic oxidation sites excluding steroid dienone is 1. The average molecular weight is 639 g/mol. The molecule has 0 N–H and O–H groups in total. The van der Waals surface area contributed by atoms with Crippen molar-refractivity contribution < 1.29 is 0 Å². The van der Waals surface area contributed by atoms with Crippen LogP contribution >= 0.6 is 0 Å². The monoisotopic (exact) mass is 638 g/mol. The van der Waals surface area contributed by atoms with Crippen molar-refractivity contribution in [2.24, 2.45) is 4.99 Å². The van der Waals surface area contributed by atoms with Crippen molar-refractivity contribution in [2.45, 2.75) is 18.0 Å². The minimum absolute atomic E-state index is 0.0793. The van der Waals surface area contributed by atoms with Crippen LogP contribution in [0.3, 0.4) is 0 Å². The lowest BCUT2D eigenvalue weighted by atomic mass is 9.87. The van der Waals surface area contributed by atoms with Gasteiger partial charge in [-0.15, -0.1) is 0 Å². The third-order valence-electron chi connectivity index (χ3n) is 10.7. The Hall–Kier alpha value is -6.25. The fraction of sp³-hybridized carbons (Fsp3) is 0.0625. The fourth-order valence-corrected chi connectivity index (χ4v) is 8.34. The first-order valence-electron chi connectivity index (χ1n) is 17.5. The third-order valence-corrected chi connectivity index (χ3v) is 10.7. The van der Waals surface area contributed by atoms with Gasteiger partial charge in [0.1, 0.15) is 6.04 Å². The van der Waals surface area contributed by atoms with Gasteiger partial charge in [-0.3, -0.25) is 4.99 Å². The number of aliphatic imine (C=N–C) groups is 1. The number of hydrogen-bond acceptors (Lipinski definition) is 2. The number of dihydropyridines is 1. The zero-order valence-electron chi connectivity index (χ0n) is 27.5. The van der Waals surface area contributed by atoms with E-state index in [1.54, 1.807) is 0 Å². The van der Waals surface area contributed by atoms with E-state index in [1.165, 1.54) is 78.1 Å². The van der Waals surface area contributed by atoms with E-state index in [0.717, 1.165) is 0 Å². The van der Waals surface area contributed by atoms with Crippen LogP contribution in [0, 0.1) is 0 Å². The molecule has 7 aromatic rings. The second kappa shape index (κ2) is 11.7. The second-order valence-corrected chi connectivity index (χ2v) is 13.5. The Balaban J connectivity index is 1.04. The molecule has 3 unspecified atom stereocenters. The molecule has 10 rings (SSSR count). The van der Waals surface area contributed by atoms with Crippen molar-refractivity contribution in [3.05, 3.63) is 204 Å². The number of hydrogen-bond donors (Lipinski definition) is 0. The first-order chi connectivity index (χ1) is 24.8. The van der Waals surface area contributed by atoms with E-state index in [4.69, 9.17) is 4.99 Å². The smallest absolute Gasteiger partial charge is 0.101 e. The highest BCUT2D eigenvalue weighted by Crippen LogP contribution is 2.51. The number of anilines is 2. The molecule has 0 saturated carbocycles. The van der Waals surface area contributed by atoms with E-state index in [9.17, 15) is 0 Å². The fourth-order valence-electron chi connectivity index (χ4n) is 8.34. The van der Waals surface area contributed by atoms with Crippen LogP contribution < -0.4 is 4.90 Å². The summed E-state index contributed by atoms with van der Waals surface area (Å²) in [6.45, 7) is 0. The summed E-state index contributed by atoms with van der Waals surface area (Å²) >= 11 is 0. The second-order valence-electron chi connectivity index (χ2n) is 13.5. The van der Waals surface area contributed by atoms with E-state index in [1.807, 2.05) is 6.21 Å². The van der Waals surface area contributed by atoms with Crippen LogP contribution in [0.2, 0.25) is 0 Å². The Kier molecular flexibility index (Phi) is 6.73. The first-order valence-corrected chi connectivity index (χ1v) is 17.5. The van der Waals surface area contributed by atoms with Gasteiger partial charge in [0, 0.05) is 29.1 Å². The molecule has 7 aromatic carbocycles. The van der Waals surface area contributed by atoms with Crippen LogP contribution in [0.25, 0.3) is 44.5 Å². The van der Waals surface area contributed by atoms with Crippen molar-refractivity contribution in [1.29, 1.82) is 0 Å². The van der Waals surface area contributed by atoms with Gasteiger partial charge in [0.15, 0.2) is 0 Å². The molecule has 0 aromatic heterocycles. The highest BCUT2D eigenvalue weighted by Gasteiger charge is 2.39. The van der Waals surface area contributed by atoms with Gasteiger partial charge in [-0.05, 0) is 91.5 Å². The van der Waals surface area contributed by atoms with Gasteiger partial charge in [-0.1, -0.05) is 152 Å². The predicted molar refractivity (Wildman–Crippen MR) is 208 cm³/mol. The van der Waals surface area contributed by atoms with Crippen molar-refractivity contribution in [1.82, 2.24) is 0 Å². The summed E-state index contributed by atoms with van der Waals surface area (Å²) in [4.78, 5) is 7.44. The zero-order valence-corrected chi connectivity index (χ0v) is 27.5. The molecule has 0 bridgehead atoms. The van der Waals surface area contributed by atoms with Gasteiger partial charge < -0.3 is 4.90 Å². The molecule has 50 heavy (non-hydrogen) atoms. The van der Waals surface area contributed by atoms with Crippen LogP contribution in [-0.4, -0.2) is 12.3 Å². The maximum Gasteiger partial charge on any atom is 0.101 e. The lowest BCUT2D eigenvalue weighted by molar-refractivity contribution is 0.667. The number of rotatable bonds is 5. The number of benzene rings is 7. The Labute approximate surface area is 293 Å². The van der Waals surface area contributed by atoms with Gasteiger partial charge in [0.25, 0.3) is 0 Å². The average Bonchev–Trinajstić information content (AvgIpc) is 3.71. The Bertz CT molecular complexity index is 2420. The maximum atomic E-state index is 4.96. The SMILES string of the molecule is C1=CC2C(N=C1)c1ccc(-c3ccc4c(c3)C(c3ccc(-c5ccccc5)cc3)c3ccccc3-4)cc1N2c1ccc(-c2ccccc2)cc1. The molecular weight excluding hydrogens is 605 g/mol. The largest absolute Gasteiger partial charge is 0.332 e.